The van der Waals surface area contributed by atoms with Crippen molar-refractivity contribution in [1.29, 1.82) is 0 Å². The number of benzene rings is 2. The van der Waals surface area contributed by atoms with Gasteiger partial charge < -0.3 is 5.32 Å². The molecule has 1 saturated heterocycles. The number of nitrogens with zero attached hydrogens (tertiary/aromatic N) is 1. The molecule has 1 heterocycles. The number of hydrogen-bond donors (Lipinski definition) is 1. The molecule has 0 radical (unpaired) electrons. The lowest BCUT2D eigenvalue weighted by Crippen LogP contribution is -2.27. The van der Waals surface area contributed by atoms with E-state index in [1.54, 1.807) is 0 Å². The zero-order valence-electron chi connectivity index (χ0n) is 11.1. The first-order valence-electron chi connectivity index (χ1n) is 6.82. The van der Waals surface area contributed by atoms with E-state index in [9.17, 15) is 0 Å². The van der Waals surface area contributed by atoms with Crippen LogP contribution in [0.3, 0.4) is 0 Å². The molecule has 0 amide bonds. The van der Waals surface area contributed by atoms with Gasteiger partial charge in [-0.15, -0.1) is 12.4 Å². The van der Waals surface area contributed by atoms with Crippen LogP contribution in [0.4, 0.5) is 0 Å². The SMILES string of the molecule is Cl.c1ccc2cc(CN3CCCNCC3)ccc2c1. The molecule has 0 aliphatic carbocycles. The van der Waals surface area contributed by atoms with Gasteiger partial charge in [0.1, 0.15) is 0 Å². The molecular formula is C16H21ClN2. The van der Waals surface area contributed by atoms with Gasteiger partial charge in [-0.05, 0) is 41.9 Å². The van der Waals surface area contributed by atoms with Crippen LogP contribution in [-0.4, -0.2) is 31.1 Å². The van der Waals surface area contributed by atoms with Crippen LogP contribution in [0, 0.1) is 0 Å². The van der Waals surface area contributed by atoms with Crippen molar-refractivity contribution in [3.63, 3.8) is 0 Å². The molecule has 3 rings (SSSR count). The predicted molar refractivity (Wildman–Crippen MR) is 84.0 cm³/mol. The number of hydrogen-bond acceptors (Lipinski definition) is 2. The van der Waals surface area contributed by atoms with Crippen molar-refractivity contribution >= 4 is 23.2 Å². The molecule has 0 unspecified atom stereocenters. The third kappa shape index (κ3) is 3.69. The van der Waals surface area contributed by atoms with E-state index in [4.69, 9.17) is 0 Å². The van der Waals surface area contributed by atoms with Crippen molar-refractivity contribution in [3.8, 4) is 0 Å². The highest BCUT2D eigenvalue weighted by atomic mass is 35.5. The lowest BCUT2D eigenvalue weighted by Gasteiger charge is -2.19. The number of halogens is 1. The van der Waals surface area contributed by atoms with Gasteiger partial charge >= 0.3 is 0 Å². The van der Waals surface area contributed by atoms with E-state index in [1.807, 2.05) is 0 Å². The summed E-state index contributed by atoms with van der Waals surface area (Å²) in [5.74, 6) is 0. The van der Waals surface area contributed by atoms with Crippen molar-refractivity contribution in [2.24, 2.45) is 0 Å². The molecule has 102 valence electrons. The first-order valence-corrected chi connectivity index (χ1v) is 6.82. The van der Waals surface area contributed by atoms with Crippen LogP contribution in [0.25, 0.3) is 10.8 Å². The summed E-state index contributed by atoms with van der Waals surface area (Å²) in [6, 6.07) is 15.4. The fourth-order valence-electron chi connectivity index (χ4n) is 2.66. The molecule has 2 nitrogen and oxygen atoms in total. The van der Waals surface area contributed by atoms with Crippen LogP contribution in [0.2, 0.25) is 0 Å². The summed E-state index contributed by atoms with van der Waals surface area (Å²) in [4.78, 5) is 2.55. The Morgan fingerprint density at radius 3 is 2.68 bits per heavy atom. The Balaban J connectivity index is 0.00000133. The smallest absolute Gasteiger partial charge is 0.0234 e. The normalized spacial score (nSPS) is 16.8. The van der Waals surface area contributed by atoms with Crippen LogP contribution < -0.4 is 5.32 Å². The molecule has 0 aromatic heterocycles. The number of rotatable bonds is 2. The second-order valence-corrected chi connectivity index (χ2v) is 5.06. The Bertz CT molecular complexity index is 519. The highest BCUT2D eigenvalue weighted by Crippen LogP contribution is 2.17. The molecule has 0 saturated carbocycles. The van der Waals surface area contributed by atoms with Gasteiger partial charge in [-0.25, -0.2) is 0 Å². The third-order valence-electron chi connectivity index (χ3n) is 3.65. The van der Waals surface area contributed by atoms with Gasteiger partial charge in [-0.3, -0.25) is 4.90 Å². The van der Waals surface area contributed by atoms with Crippen LogP contribution in [0.5, 0.6) is 0 Å². The maximum absolute atomic E-state index is 3.45. The fraction of sp³-hybridized carbons (Fsp3) is 0.375. The van der Waals surface area contributed by atoms with Gasteiger partial charge in [0.05, 0.1) is 0 Å². The Morgan fingerprint density at radius 2 is 1.79 bits per heavy atom. The number of nitrogens with one attached hydrogen (secondary N) is 1. The average Bonchev–Trinajstić information content (AvgIpc) is 2.67. The van der Waals surface area contributed by atoms with Crippen molar-refractivity contribution < 1.29 is 0 Å². The predicted octanol–water partition coefficient (Wildman–Crippen LogP) is 3.06. The topological polar surface area (TPSA) is 15.3 Å². The second kappa shape index (κ2) is 6.90. The van der Waals surface area contributed by atoms with Crippen LogP contribution in [0.15, 0.2) is 42.5 Å². The Morgan fingerprint density at radius 1 is 0.947 bits per heavy atom. The van der Waals surface area contributed by atoms with Crippen molar-refractivity contribution in [3.05, 3.63) is 48.0 Å². The maximum atomic E-state index is 3.45. The van der Waals surface area contributed by atoms with E-state index < -0.39 is 0 Å². The summed E-state index contributed by atoms with van der Waals surface area (Å²) in [6.07, 6.45) is 1.26. The minimum Gasteiger partial charge on any atom is -0.315 e. The Labute approximate surface area is 121 Å². The highest BCUT2D eigenvalue weighted by molar-refractivity contribution is 5.85. The Kier molecular flexibility index (Phi) is 5.20. The van der Waals surface area contributed by atoms with Crippen molar-refractivity contribution in [2.45, 2.75) is 13.0 Å². The zero-order chi connectivity index (χ0) is 12.2. The third-order valence-corrected chi connectivity index (χ3v) is 3.65. The standard InChI is InChI=1S/C16H20N2.ClH/c1-2-5-16-12-14(6-7-15(16)4-1)13-18-10-3-8-17-9-11-18;/h1-2,4-7,12,17H,3,8-11,13H2;1H. The van der Waals surface area contributed by atoms with E-state index in [1.165, 1.54) is 29.3 Å². The molecule has 2 aromatic rings. The summed E-state index contributed by atoms with van der Waals surface area (Å²) < 4.78 is 0. The molecule has 19 heavy (non-hydrogen) atoms. The largest absolute Gasteiger partial charge is 0.315 e. The maximum Gasteiger partial charge on any atom is 0.0234 e. The minimum absolute atomic E-state index is 0. The van der Waals surface area contributed by atoms with Gasteiger partial charge in [0.2, 0.25) is 0 Å². The molecule has 1 fully saturated rings. The molecule has 1 N–H and O–H groups in total. The fourth-order valence-corrected chi connectivity index (χ4v) is 2.66. The molecular weight excluding hydrogens is 256 g/mol. The lowest BCUT2D eigenvalue weighted by atomic mass is 10.1. The molecule has 1 aliphatic rings. The van der Waals surface area contributed by atoms with Crippen LogP contribution in [-0.2, 0) is 6.54 Å². The minimum atomic E-state index is 0. The van der Waals surface area contributed by atoms with Gasteiger partial charge in [0.15, 0.2) is 0 Å². The van der Waals surface area contributed by atoms with E-state index in [0.29, 0.717) is 0 Å². The van der Waals surface area contributed by atoms with E-state index in [0.717, 1.165) is 26.2 Å². The number of fused-ring (bicyclic) bond motifs is 1. The highest BCUT2D eigenvalue weighted by Gasteiger charge is 2.08. The Hall–Kier alpha value is -1.09. The van der Waals surface area contributed by atoms with Gasteiger partial charge in [0.25, 0.3) is 0 Å². The zero-order valence-corrected chi connectivity index (χ0v) is 12.0. The monoisotopic (exact) mass is 276 g/mol. The molecule has 1 aliphatic heterocycles. The molecule has 2 aromatic carbocycles. The molecule has 3 heteroatoms. The molecule has 0 atom stereocenters. The van der Waals surface area contributed by atoms with Gasteiger partial charge in [0, 0.05) is 19.6 Å². The van der Waals surface area contributed by atoms with Crippen LogP contribution >= 0.6 is 12.4 Å². The first kappa shape index (κ1) is 14.3. The summed E-state index contributed by atoms with van der Waals surface area (Å²) in [5.41, 5.74) is 1.43. The lowest BCUT2D eigenvalue weighted by molar-refractivity contribution is 0.284. The summed E-state index contributed by atoms with van der Waals surface area (Å²) >= 11 is 0. The average molecular weight is 277 g/mol. The van der Waals surface area contributed by atoms with E-state index >= 15 is 0 Å². The summed E-state index contributed by atoms with van der Waals surface area (Å²) in [6.45, 7) is 5.72. The van der Waals surface area contributed by atoms with Crippen molar-refractivity contribution in [1.82, 2.24) is 10.2 Å². The quantitative estimate of drug-likeness (QED) is 0.907. The van der Waals surface area contributed by atoms with E-state index in [-0.39, 0.29) is 12.4 Å². The summed E-state index contributed by atoms with van der Waals surface area (Å²) in [5, 5.41) is 6.13. The first-order chi connectivity index (χ1) is 8.92. The van der Waals surface area contributed by atoms with Crippen molar-refractivity contribution in [2.75, 3.05) is 26.2 Å². The van der Waals surface area contributed by atoms with E-state index in [2.05, 4.69) is 52.7 Å². The molecule has 0 spiro atoms. The molecule has 0 bridgehead atoms. The van der Waals surface area contributed by atoms with Gasteiger partial charge in [-0.2, -0.15) is 0 Å². The second-order valence-electron chi connectivity index (χ2n) is 5.06. The van der Waals surface area contributed by atoms with Crippen LogP contribution in [0.1, 0.15) is 12.0 Å². The summed E-state index contributed by atoms with van der Waals surface area (Å²) in [7, 11) is 0. The van der Waals surface area contributed by atoms with Gasteiger partial charge in [-0.1, -0.05) is 36.4 Å².